The number of ether oxygens (including phenoxy) is 1. The van der Waals surface area contributed by atoms with Crippen LogP contribution in [0.25, 0.3) is 0 Å². The summed E-state index contributed by atoms with van der Waals surface area (Å²) in [5, 5.41) is 0. The summed E-state index contributed by atoms with van der Waals surface area (Å²) in [6, 6.07) is 0. The molecule has 0 radical (unpaired) electrons. The molecule has 1 rings (SSSR count). The lowest BCUT2D eigenvalue weighted by Crippen LogP contribution is -2.03. The highest BCUT2D eigenvalue weighted by Crippen LogP contribution is 2.36. The van der Waals surface area contributed by atoms with Crippen LogP contribution in [-0.2, 0) is 13.8 Å². The molecule has 0 spiro atoms. The molecular weight excluding hydrogens is 131 g/mol. The molecule has 0 amide bonds. The van der Waals surface area contributed by atoms with Gasteiger partial charge in [0.05, 0.1) is 0 Å². The van der Waals surface area contributed by atoms with Crippen molar-refractivity contribution in [2.24, 2.45) is 0 Å². The second kappa shape index (κ2) is 1.74. The summed E-state index contributed by atoms with van der Waals surface area (Å²) in [6.45, 7) is 2.02. The normalized spacial score (nSPS) is 37.0. The van der Waals surface area contributed by atoms with E-state index in [1.807, 2.05) is 0 Å². The first kappa shape index (κ1) is 6.11. The summed E-state index contributed by atoms with van der Waals surface area (Å²) in [7, 11) is -2.50. The smallest absolute Gasteiger partial charge is 0.339 e. The van der Waals surface area contributed by atoms with E-state index in [1.54, 1.807) is 6.92 Å². The van der Waals surface area contributed by atoms with Gasteiger partial charge < -0.3 is 4.74 Å². The lowest BCUT2D eigenvalue weighted by atomic mass is 10.5. The Balaban J connectivity index is 2.29. The highest BCUT2D eigenvalue weighted by Gasteiger charge is 2.49. The van der Waals surface area contributed by atoms with Crippen LogP contribution in [0, 0.1) is 0 Å². The Morgan fingerprint density at radius 3 is 2.62 bits per heavy atom. The molecule has 0 saturated carbocycles. The molecule has 8 heavy (non-hydrogen) atoms. The number of rotatable bonds is 2. The Morgan fingerprint density at radius 1 is 2.00 bits per heavy atom. The predicted molar refractivity (Wildman–Crippen MR) is 25.3 cm³/mol. The topological polar surface area (TPSA) is 59.1 Å². The van der Waals surface area contributed by atoms with Crippen LogP contribution in [0.2, 0.25) is 0 Å². The summed E-state index contributed by atoms with van der Waals surface area (Å²) >= 11 is 0. The summed E-state index contributed by atoms with van der Waals surface area (Å²) in [4.78, 5) is 8.14. The van der Waals surface area contributed by atoms with Gasteiger partial charge in [-0.15, -0.1) is 4.89 Å². The van der Waals surface area contributed by atoms with Gasteiger partial charge in [0, 0.05) is 4.57 Å². The molecule has 5 heteroatoms. The third kappa shape index (κ3) is 1.49. The third-order valence-corrected chi connectivity index (χ3v) is 1.36. The number of epoxide rings is 1. The molecule has 1 fully saturated rings. The molecule has 1 heterocycles. The van der Waals surface area contributed by atoms with Crippen molar-refractivity contribution in [2.75, 3.05) is 6.61 Å². The van der Waals surface area contributed by atoms with Gasteiger partial charge in [-0.05, 0) is 6.92 Å². The highest BCUT2D eigenvalue weighted by atomic mass is 31.1. The maximum atomic E-state index is 9.90. The van der Waals surface area contributed by atoms with Crippen LogP contribution in [0.1, 0.15) is 6.92 Å². The maximum Gasteiger partial charge on any atom is 0.697 e. The predicted octanol–water partition coefficient (Wildman–Crippen LogP) is 0.399. The highest BCUT2D eigenvalue weighted by molar-refractivity contribution is 7.32. The first-order valence-electron chi connectivity index (χ1n) is 2.12. The van der Waals surface area contributed by atoms with E-state index >= 15 is 0 Å². The van der Waals surface area contributed by atoms with Gasteiger partial charge in [0.15, 0.2) is 0 Å². The molecular formula is C3H6O4P+. The van der Waals surface area contributed by atoms with Gasteiger partial charge in [0.25, 0.3) is 0 Å². The Morgan fingerprint density at radius 2 is 2.50 bits per heavy atom. The van der Waals surface area contributed by atoms with Crippen molar-refractivity contribution in [2.45, 2.75) is 12.7 Å². The Hall–Kier alpha value is -0.0200. The van der Waals surface area contributed by atoms with Crippen molar-refractivity contribution in [3.8, 4) is 0 Å². The molecule has 0 aromatic carbocycles. The summed E-state index contributed by atoms with van der Waals surface area (Å²) in [5.74, 6) is -0.762. The van der Waals surface area contributed by atoms with Crippen molar-refractivity contribution in [1.29, 1.82) is 0 Å². The molecule has 0 aliphatic carbocycles. The largest absolute Gasteiger partial charge is 0.697 e. The monoisotopic (exact) mass is 137 g/mol. The van der Waals surface area contributed by atoms with E-state index in [-0.39, 0.29) is 0 Å². The molecule has 1 aliphatic rings. The van der Waals surface area contributed by atoms with Gasteiger partial charge in [0.2, 0.25) is 5.79 Å². The van der Waals surface area contributed by atoms with E-state index in [2.05, 4.69) is 9.26 Å². The summed E-state index contributed by atoms with van der Waals surface area (Å²) < 4.78 is 18.9. The molecule has 2 atom stereocenters. The zero-order valence-corrected chi connectivity index (χ0v) is 5.22. The lowest BCUT2D eigenvalue weighted by molar-refractivity contribution is 0.0764. The SMILES string of the molecule is CC1(O[P+](=O)O)CO1. The molecule has 46 valence electrons. The summed E-state index contributed by atoms with van der Waals surface area (Å²) in [5.41, 5.74) is 0. The molecule has 1 aliphatic heterocycles. The second-order valence-electron chi connectivity index (χ2n) is 1.75. The van der Waals surface area contributed by atoms with Crippen molar-refractivity contribution >= 4 is 8.25 Å². The number of hydrogen-bond acceptors (Lipinski definition) is 3. The Bertz CT molecular complexity index is 118. The molecule has 0 aromatic heterocycles. The van der Waals surface area contributed by atoms with E-state index in [4.69, 9.17) is 4.89 Å². The van der Waals surface area contributed by atoms with Gasteiger partial charge >= 0.3 is 8.25 Å². The zero-order chi connectivity index (χ0) is 6.20. The van der Waals surface area contributed by atoms with Crippen LogP contribution >= 0.6 is 8.25 Å². The minimum absolute atomic E-state index is 0.411. The van der Waals surface area contributed by atoms with Crippen molar-refractivity contribution in [1.82, 2.24) is 0 Å². The minimum Gasteiger partial charge on any atom is -0.339 e. The van der Waals surface area contributed by atoms with Gasteiger partial charge in [-0.25, -0.2) is 0 Å². The maximum absolute atomic E-state index is 9.90. The minimum atomic E-state index is -2.50. The second-order valence-corrected chi connectivity index (χ2v) is 2.41. The summed E-state index contributed by atoms with van der Waals surface area (Å²) in [6.07, 6.45) is 0. The Labute approximate surface area is 47.4 Å². The fraction of sp³-hybridized carbons (Fsp3) is 1.00. The van der Waals surface area contributed by atoms with Crippen LogP contribution in [-0.4, -0.2) is 17.3 Å². The van der Waals surface area contributed by atoms with Crippen LogP contribution in [0.4, 0.5) is 0 Å². The van der Waals surface area contributed by atoms with E-state index in [0.717, 1.165) is 0 Å². The molecule has 0 bridgehead atoms. The first-order chi connectivity index (χ1) is 3.62. The average molecular weight is 137 g/mol. The van der Waals surface area contributed by atoms with Crippen LogP contribution in [0.3, 0.4) is 0 Å². The van der Waals surface area contributed by atoms with Crippen molar-refractivity contribution in [3.63, 3.8) is 0 Å². The van der Waals surface area contributed by atoms with Gasteiger partial charge in [-0.2, -0.15) is 0 Å². The molecule has 1 N–H and O–H groups in total. The molecule has 2 unspecified atom stereocenters. The average Bonchev–Trinajstić information content (AvgIpc) is 2.17. The van der Waals surface area contributed by atoms with Gasteiger partial charge in [-0.1, -0.05) is 4.52 Å². The standard InChI is InChI=1S/C3H5O4P/c1-3(2-6-3)7-8(4)5/h2H2,1H3/p+1. The lowest BCUT2D eigenvalue weighted by Gasteiger charge is -1.87. The molecule has 0 aromatic rings. The quantitative estimate of drug-likeness (QED) is 0.442. The fourth-order valence-corrected chi connectivity index (χ4v) is 0.755. The van der Waals surface area contributed by atoms with Crippen LogP contribution in [0.15, 0.2) is 0 Å². The van der Waals surface area contributed by atoms with E-state index < -0.39 is 14.0 Å². The van der Waals surface area contributed by atoms with Crippen molar-refractivity contribution in [3.05, 3.63) is 0 Å². The first-order valence-corrected chi connectivity index (χ1v) is 3.25. The van der Waals surface area contributed by atoms with Gasteiger partial charge in [-0.3, -0.25) is 0 Å². The number of hydrogen-bond donors (Lipinski definition) is 1. The van der Waals surface area contributed by atoms with Crippen molar-refractivity contribution < 1.29 is 18.7 Å². The Kier molecular flexibility index (Phi) is 1.33. The van der Waals surface area contributed by atoms with Crippen LogP contribution < -0.4 is 0 Å². The van der Waals surface area contributed by atoms with E-state index in [1.165, 1.54) is 0 Å². The van der Waals surface area contributed by atoms with E-state index in [9.17, 15) is 4.57 Å². The van der Waals surface area contributed by atoms with Crippen LogP contribution in [0.5, 0.6) is 0 Å². The van der Waals surface area contributed by atoms with E-state index in [0.29, 0.717) is 6.61 Å². The van der Waals surface area contributed by atoms with Gasteiger partial charge in [0.1, 0.15) is 6.61 Å². The third-order valence-electron chi connectivity index (χ3n) is 0.822. The molecule has 1 saturated heterocycles. The molecule has 4 nitrogen and oxygen atoms in total. The fourth-order valence-electron chi connectivity index (χ4n) is 0.320. The zero-order valence-electron chi connectivity index (χ0n) is 4.33.